The van der Waals surface area contributed by atoms with Crippen LogP contribution in [0.15, 0.2) is 29.6 Å². The summed E-state index contributed by atoms with van der Waals surface area (Å²) in [5.41, 5.74) is 2.50. The van der Waals surface area contributed by atoms with Crippen LogP contribution in [-0.4, -0.2) is 36.0 Å². The Morgan fingerprint density at radius 1 is 1.26 bits per heavy atom. The summed E-state index contributed by atoms with van der Waals surface area (Å²) in [6.07, 6.45) is 0.620. The van der Waals surface area contributed by atoms with E-state index in [9.17, 15) is 5.11 Å². The average Bonchev–Trinajstić information content (AvgIpc) is 3.16. The summed E-state index contributed by atoms with van der Waals surface area (Å²) in [6, 6.07) is 8.19. The van der Waals surface area contributed by atoms with Gasteiger partial charge in [-0.25, -0.2) is 0 Å². The van der Waals surface area contributed by atoms with Gasteiger partial charge in [-0.2, -0.15) is 0 Å². The molecule has 5 heteroatoms. The minimum atomic E-state index is -0.343. The van der Waals surface area contributed by atoms with Crippen molar-refractivity contribution in [3.63, 3.8) is 0 Å². The van der Waals surface area contributed by atoms with E-state index in [4.69, 9.17) is 9.47 Å². The number of aryl methyl sites for hydroxylation is 1. The minimum absolute atomic E-state index is 0.171. The quantitative estimate of drug-likeness (QED) is 0.938. The normalized spacial score (nSPS) is 24.1. The van der Waals surface area contributed by atoms with Crippen molar-refractivity contribution < 1.29 is 14.6 Å². The van der Waals surface area contributed by atoms with Crippen LogP contribution in [-0.2, 0) is 6.54 Å². The molecule has 2 aliphatic rings. The van der Waals surface area contributed by atoms with Crippen molar-refractivity contribution in [1.82, 2.24) is 4.90 Å². The average molecular weight is 331 g/mol. The van der Waals surface area contributed by atoms with Gasteiger partial charge in [-0.1, -0.05) is 6.07 Å². The molecule has 4 nitrogen and oxygen atoms in total. The molecular formula is C18H21NO3S. The molecular weight excluding hydrogens is 310 g/mol. The molecule has 0 radical (unpaired) electrons. The van der Waals surface area contributed by atoms with Crippen LogP contribution in [0.1, 0.15) is 28.3 Å². The second kappa shape index (κ2) is 6.15. The maximum atomic E-state index is 10.6. The van der Waals surface area contributed by atoms with E-state index in [1.807, 2.05) is 12.1 Å². The highest BCUT2D eigenvalue weighted by molar-refractivity contribution is 7.10. The second-order valence-corrected chi connectivity index (χ2v) is 7.34. The Balaban J connectivity index is 1.44. The SMILES string of the molecule is Cc1ccsc1CN1CC[C@@H](c2ccc3c(c2)OCO3)[C@H](O)C1. The lowest BCUT2D eigenvalue weighted by Crippen LogP contribution is -2.42. The van der Waals surface area contributed by atoms with Crippen LogP contribution in [0.25, 0.3) is 0 Å². The number of nitrogens with zero attached hydrogens (tertiary/aromatic N) is 1. The van der Waals surface area contributed by atoms with Gasteiger partial charge in [0, 0.05) is 23.9 Å². The van der Waals surface area contributed by atoms with Crippen LogP contribution in [0.3, 0.4) is 0 Å². The van der Waals surface area contributed by atoms with Crippen LogP contribution in [0.2, 0.25) is 0 Å². The predicted molar refractivity (Wildman–Crippen MR) is 90.3 cm³/mol. The molecule has 1 N–H and O–H groups in total. The molecule has 2 aliphatic heterocycles. The largest absolute Gasteiger partial charge is 0.454 e. The van der Waals surface area contributed by atoms with Gasteiger partial charge in [-0.3, -0.25) is 4.90 Å². The molecule has 122 valence electrons. The number of piperidine rings is 1. The molecule has 0 aliphatic carbocycles. The van der Waals surface area contributed by atoms with Gasteiger partial charge >= 0.3 is 0 Å². The van der Waals surface area contributed by atoms with Gasteiger partial charge < -0.3 is 14.6 Å². The molecule has 23 heavy (non-hydrogen) atoms. The number of likely N-dealkylation sites (tertiary alicyclic amines) is 1. The van der Waals surface area contributed by atoms with E-state index in [2.05, 4.69) is 29.3 Å². The summed E-state index contributed by atoms with van der Waals surface area (Å²) < 4.78 is 10.8. The fourth-order valence-electron chi connectivity index (χ4n) is 3.44. The van der Waals surface area contributed by atoms with Crippen molar-refractivity contribution in [3.05, 3.63) is 45.6 Å². The Bertz CT molecular complexity index is 699. The number of benzene rings is 1. The van der Waals surface area contributed by atoms with Gasteiger partial charge in [0.2, 0.25) is 6.79 Å². The Kier molecular flexibility index (Phi) is 4.01. The molecule has 1 fully saturated rings. The van der Waals surface area contributed by atoms with Crippen LogP contribution < -0.4 is 9.47 Å². The molecule has 0 unspecified atom stereocenters. The first-order chi connectivity index (χ1) is 11.2. The molecule has 2 atom stereocenters. The van der Waals surface area contributed by atoms with E-state index in [1.54, 1.807) is 11.3 Å². The zero-order valence-corrected chi connectivity index (χ0v) is 14.0. The number of rotatable bonds is 3. The fraction of sp³-hybridized carbons (Fsp3) is 0.444. The first kappa shape index (κ1) is 15.0. The number of aliphatic hydroxyl groups is 1. The third kappa shape index (κ3) is 2.96. The number of hydrogen-bond acceptors (Lipinski definition) is 5. The predicted octanol–water partition coefficient (Wildman–Crippen LogP) is 3.14. The molecule has 0 saturated carbocycles. The van der Waals surface area contributed by atoms with Gasteiger partial charge in [-0.05, 0) is 54.6 Å². The van der Waals surface area contributed by atoms with E-state index >= 15 is 0 Å². The summed E-state index contributed by atoms with van der Waals surface area (Å²) in [5, 5.41) is 12.8. The van der Waals surface area contributed by atoms with Gasteiger partial charge in [0.25, 0.3) is 0 Å². The topological polar surface area (TPSA) is 41.9 Å². The first-order valence-corrected chi connectivity index (χ1v) is 8.91. The molecule has 1 aromatic carbocycles. The Morgan fingerprint density at radius 2 is 2.13 bits per heavy atom. The van der Waals surface area contributed by atoms with Crippen LogP contribution in [0.5, 0.6) is 11.5 Å². The molecule has 0 bridgehead atoms. The van der Waals surface area contributed by atoms with Crippen molar-refractivity contribution in [2.75, 3.05) is 19.9 Å². The van der Waals surface area contributed by atoms with Crippen molar-refractivity contribution in [3.8, 4) is 11.5 Å². The summed E-state index contributed by atoms with van der Waals surface area (Å²) in [6.45, 7) is 5.11. The highest BCUT2D eigenvalue weighted by Crippen LogP contribution is 2.37. The van der Waals surface area contributed by atoms with E-state index < -0.39 is 0 Å². The van der Waals surface area contributed by atoms with Crippen LogP contribution >= 0.6 is 11.3 Å². The molecule has 4 rings (SSSR count). The Hall–Kier alpha value is -1.56. The highest BCUT2D eigenvalue weighted by Gasteiger charge is 2.30. The van der Waals surface area contributed by atoms with Gasteiger partial charge in [-0.15, -0.1) is 11.3 Å². The van der Waals surface area contributed by atoms with Crippen molar-refractivity contribution in [1.29, 1.82) is 0 Å². The number of β-amino-alcohol motifs (C(OH)–C–C–N with tert-alkyl or cyclic N) is 1. The van der Waals surface area contributed by atoms with Gasteiger partial charge in [0.15, 0.2) is 11.5 Å². The van der Waals surface area contributed by atoms with E-state index in [0.29, 0.717) is 6.79 Å². The molecule has 1 aromatic heterocycles. The van der Waals surface area contributed by atoms with Crippen molar-refractivity contribution in [2.24, 2.45) is 0 Å². The van der Waals surface area contributed by atoms with E-state index in [0.717, 1.165) is 43.1 Å². The maximum Gasteiger partial charge on any atom is 0.231 e. The molecule has 0 amide bonds. The third-order valence-corrected chi connectivity index (χ3v) is 5.83. The summed E-state index contributed by atoms with van der Waals surface area (Å²) in [5.74, 6) is 1.77. The van der Waals surface area contributed by atoms with E-state index in [1.165, 1.54) is 10.4 Å². The van der Waals surface area contributed by atoms with Gasteiger partial charge in [0.05, 0.1) is 6.10 Å². The Labute approximate surface area is 140 Å². The second-order valence-electron chi connectivity index (χ2n) is 6.34. The summed E-state index contributed by atoms with van der Waals surface area (Å²) >= 11 is 1.80. The lowest BCUT2D eigenvalue weighted by molar-refractivity contribution is 0.0480. The number of aliphatic hydroxyl groups excluding tert-OH is 1. The zero-order chi connectivity index (χ0) is 15.8. The minimum Gasteiger partial charge on any atom is -0.454 e. The molecule has 0 spiro atoms. The maximum absolute atomic E-state index is 10.6. The van der Waals surface area contributed by atoms with Crippen molar-refractivity contribution >= 4 is 11.3 Å². The lowest BCUT2D eigenvalue weighted by atomic mass is 9.87. The monoisotopic (exact) mass is 331 g/mol. The fourth-order valence-corrected chi connectivity index (χ4v) is 4.39. The first-order valence-electron chi connectivity index (χ1n) is 8.03. The van der Waals surface area contributed by atoms with E-state index in [-0.39, 0.29) is 12.0 Å². The number of thiophene rings is 1. The molecule has 2 aromatic rings. The number of fused-ring (bicyclic) bond motifs is 1. The third-order valence-electron chi connectivity index (χ3n) is 4.83. The Morgan fingerprint density at radius 3 is 2.91 bits per heavy atom. The zero-order valence-electron chi connectivity index (χ0n) is 13.2. The van der Waals surface area contributed by atoms with Crippen LogP contribution in [0, 0.1) is 6.92 Å². The van der Waals surface area contributed by atoms with Gasteiger partial charge in [0.1, 0.15) is 0 Å². The van der Waals surface area contributed by atoms with Crippen molar-refractivity contribution in [2.45, 2.75) is 31.9 Å². The highest BCUT2D eigenvalue weighted by atomic mass is 32.1. The van der Waals surface area contributed by atoms with Crippen LogP contribution in [0.4, 0.5) is 0 Å². The molecule has 3 heterocycles. The number of ether oxygens (including phenoxy) is 2. The lowest BCUT2D eigenvalue weighted by Gasteiger charge is -2.36. The summed E-state index contributed by atoms with van der Waals surface area (Å²) in [4.78, 5) is 3.76. The standard InChI is InChI=1S/C18H21NO3S/c1-12-5-7-23-18(12)10-19-6-4-14(15(20)9-19)13-2-3-16-17(8-13)22-11-21-16/h2-3,5,7-8,14-15,20H,4,6,9-11H2,1H3/t14-,15+/m0/s1. The summed E-state index contributed by atoms with van der Waals surface area (Å²) in [7, 11) is 0. The smallest absolute Gasteiger partial charge is 0.231 e. The molecule has 1 saturated heterocycles. The number of hydrogen-bond donors (Lipinski definition) is 1.